The lowest BCUT2D eigenvalue weighted by Gasteiger charge is -2.04. The van der Waals surface area contributed by atoms with E-state index in [1.165, 1.54) is 19.1 Å². The van der Waals surface area contributed by atoms with Crippen molar-refractivity contribution in [1.82, 2.24) is 0 Å². The summed E-state index contributed by atoms with van der Waals surface area (Å²) in [5.74, 6) is -0.454. The monoisotopic (exact) mass is 290 g/mol. The van der Waals surface area contributed by atoms with Crippen LogP contribution < -0.4 is 0 Å². The van der Waals surface area contributed by atoms with E-state index >= 15 is 0 Å². The van der Waals surface area contributed by atoms with Crippen molar-refractivity contribution in [1.29, 1.82) is 0 Å². The average molecular weight is 290 g/mol. The van der Waals surface area contributed by atoms with Crippen LogP contribution in [0.2, 0.25) is 0 Å². The van der Waals surface area contributed by atoms with Crippen molar-refractivity contribution >= 4 is 32.2 Å². The predicted molar refractivity (Wildman–Crippen MR) is 76.7 cm³/mol. The molecule has 0 bridgehead atoms. The molecule has 0 heterocycles. The summed E-state index contributed by atoms with van der Waals surface area (Å²) in [5, 5.41) is 1.51. The molecule has 20 heavy (non-hydrogen) atoms. The second-order valence-corrected chi connectivity index (χ2v) is 6.81. The number of hydrogen-bond donors (Lipinski definition) is 0. The average Bonchev–Trinajstić information content (AvgIpc) is 2.35. The van der Waals surface area contributed by atoms with Crippen LogP contribution in [0.1, 0.15) is 23.7 Å². The van der Waals surface area contributed by atoms with Gasteiger partial charge in [-0.15, -0.1) is 0 Å². The molecular formula is C15H14O4S. The Balaban J connectivity index is 2.52. The van der Waals surface area contributed by atoms with Crippen LogP contribution in [0, 0.1) is 0 Å². The second kappa shape index (κ2) is 5.17. The number of ketones is 2. The Hall–Kier alpha value is -2.01. The van der Waals surface area contributed by atoms with E-state index in [1.807, 2.05) is 0 Å². The van der Waals surface area contributed by atoms with Crippen molar-refractivity contribution < 1.29 is 18.0 Å². The third kappa shape index (κ3) is 3.11. The van der Waals surface area contributed by atoms with Crippen LogP contribution in [-0.4, -0.2) is 26.2 Å². The number of sulfone groups is 1. The maximum atomic E-state index is 11.8. The number of carbonyl (C=O) groups excluding carboxylic acids is 2. The maximum absolute atomic E-state index is 11.8. The lowest BCUT2D eigenvalue weighted by atomic mass is 10.0. The summed E-state index contributed by atoms with van der Waals surface area (Å²) in [6.45, 7) is 1.36. The number of hydrogen-bond acceptors (Lipinski definition) is 4. The summed E-state index contributed by atoms with van der Waals surface area (Å²) in [7, 11) is -3.29. The summed E-state index contributed by atoms with van der Waals surface area (Å²) in [6, 6.07) is 9.78. The molecular weight excluding hydrogens is 276 g/mol. The largest absolute Gasteiger partial charge is 0.300 e. The van der Waals surface area contributed by atoms with Gasteiger partial charge in [-0.25, -0.2) is 8.42 Å². The van der Waals surface area contributed by atoms with Gasteiger partial charge in [-0.05, 0) is 35.9 Å². The van der Waals surface area contributed by atoms with Crippen molar-refractivity contribution in [2.45, 2.75) is 18.2 Å². The third-order valence-corrected chi connectivity index (χ3v) is 4.08. The lowest BCUT2D eigenvalue weighted by Crippen LogP contribution is -2.04. The van der Waals surface area contributed by atoms with Crippen molar-refractivity contribution in [3.63, 3.8) is 0 Å². The highest BCUT2D eigenvalue weighted by molar-refractivity contribution is 7.90. The molecule has 0 radical (unpaired) electrons. The minimum absolute atomic E-state index is 0.142. The van der Waals surface area contributed by atoms with E-state index in [-0.39, 0.29) is 22.9 Å². The molecule has 0 aromatic heterocycles. The van der Waals surface area contributed by atoms with Crippen LogP contribution in [-0.2, 0) is 14.6 Å². The molecule has 0 saturated carbocycles. The fourth-order valence-corrected chi connectivity index (χ4v) is 2.61. The molecule has 2 rings (SSSR count). The molecule has 0 amide bonds. The molecule has 0 atom stereocenters. The summed E-state index contributed by atoms with van der Waals surface area (Å²) >= 11 is 0. The van der Waals surface area contributed by atoms with Crippen LogP contribution >= 0.6 is 0 Å². The van der Waals surface area contributed by atoms with Gasteiger partial charge in [0.05, 0.1) is 11.3 Å². The molecule has 0 fully saturated rings. The Morgan fingerprint density at radius 1 is 1.00 bits per heavy atom. The van der Waals surface area contributed by atoms with Crippen molar-refractivity contribution in [3.8, 4) is 0 Å². The highest BCUT2D eigenvalue weighted by Crippen LogP contribution is 2.21. The van der Waals surface area contributed by atoms with Crippen LogP contribution in [0.4, 0.5) is 0 Å². The molecule has 2 aromatic rings. The molecule has 0 spiro atoms. The van der Waals surface area contributed by atoms with Crippen LogP contribution in [0.5, 0.6) is 0 Å². The quantitative estimate of drug-likeness (QED) is 0.640. The summed E-state index contributed by atoms with van der Waals surface area (Å²) in [6.07, 6.45) is 0.996. The smallest absolute Gasteiger partial charge is 0.175 e. The van der Waals surface area contributed by atoms with E-state index in [9.17, 15) is 18.0 Å². The van der Waals surface area contributed by atoms with Gasteiger partial charge in [0.1, 0.15) is 5.78 Å². The van der Waals surface area contributed by atoms with Gasteiger partial charge in [0, 0.05) is 11.8 Å². The molecule has 104 valence electrons. The Bertz CT molecular complexity index is 804. The molecule has 5 heteroatoms. The Morgan fingerprint density at radius 2 is 1.65 bits per heavy atom. The predicted octanol–water partition coefficient (Wildman–Crippen LogP) is 2.41. The zero-order chi connectivity index (χ0) is 14.9. The SMILES string of the molecule is CC(=O)CC(=O)c1ccc2ccc(S(C)(=O)=O)cc2c1. The van der Waals surface area contributed by atoms with Crippen LogP contribution in [0.15, 0.2) is 41.3 Å². The summed E-state index contributed by atoms with van der Waals surface area (Å²) in [5.41, 5.74) is 0.415. The van der Waals surface area contributed by atoms with Crippen molar-refractivity contribution in [3.05, 3.63) is 42.0 Å². The normalized spacial score (nSPS) is 11.5. The van der Waals surface area contributed by atoms with E-state index in [4.69, 9.17) is 0 Å². The molecule has 0 aliphatic heterocycles. The number of Topliss-reactive ketones (excluding diaryl/α,β-unsaturated/α-hetero) is 2. The fraction of sp³-hybridized carbons (Fsp3) is 0.200. The van der Waals surface area contributed by atoms with Gasteiger partial charge in [-0.1, -0.05) is 18.2 Å². The van der Waals surface area contributed by atoms with Crippen molar-refractivity contribution in [2.24, 2.45) is 0 Å². The van der Waals surface area contributed by atoms with Gasteiger partial charge in [0.25, 0.3) is 0 Å². The van der Waals surface area contributed by atoms with Gasteiger partial charge >= 0.3 is 0 Å². The number of rotatable bonds is 4. The summed E-state index contributed by atoms with van der Waals surface area (Å²) < 4.78 is 23.1. The third-order valence-electron chi connectivity index (χ3n) is 2.97. The van der Waals surface area contributed by atoms with Crippen molar-refractivity contribution in [2.75, 3.05) is 6.26 Å². The molecule has 0 aliphatic carbocycles. The first-order chi connectivity index (χ1) is 9.27. The zero-order valence-corrected chi connectivity index (χ0v) is 12.0. The molecule has 0 aliphatic rings. The molecule has 4 nitrogen and oxygen atoms in total. The maximum Gasteiger partial charge on any atom is 0.175 e. The second-order valence-electron chi connectivity index (χ2n) is 4.80. The van der Waals surface area contributed by atoms with Gasteiger partial charge < -0.3 is 0 Å². The molecule has 2 aromatic carbocycles. The van der Waals surface area contributed by atoms with Gasteiger partial charge in [-0.2, -0.15) is 0 Å². The Kier molecular flexibility index (Phi) is 3.72. The molecule has 0 N–H and O–H groups in total. The number of fused-ring (bicyclic) bond motifs is 1. The van der Waals surface area contributed by atoms with E-state index in [0.717, 1.165) is 11.6 Å². The minimum Gasteiger partial charge on any atom is -0.300 e. The van der Waals surface area contributed by atoms with Gasteiger partial charge in [0.2, 0.25) is 0 Å². The molecule has 0 saturated heterocycles. The molecule has 0 unspecified atom stereocenters. The number of carbonyl (C=O) groups is 2. The Morgan fingerprint density at radius 3 is 2.25 bits per heavy atom. The van der Waals surface area contributed by atoms with Crippen LogP contribution in [0.3, 0.4) is 0 Å². The highest BCUT2D eigenvalue weighted by atomic mass is 32.2. The van der Waals surface area contributed by atoms with E-state index < -0.39 is 9.84 Å². The van der Waals surface area contributed by atoms with Crippen LogP contribution in [0.25, 0.3) is 10.8 Å². The zero-order valence-electron chi connectivity index (χ0n) is 11.2. The van der Waals surface area contributed by atoms with Gasteiger partial charge in [0.15, 0.2) is 15.6 Å². The Labute approximate surface area is 117 Å². The first kappa shape index (κ1) is 14.4. The van der Waals surface area contributed by atoms with E-state index in [2.05, 4.69) is 0 Å². The highest BCUT2D eigenvalue weighted by Gasteiger charge is 2.11. The first-order valence-corrected chi connectivity index (χ1v) is 7.93. The topological polar surface area (TPSA) is 68.3 Å². The first-order valence-electron chi connectivity index (χ1n) is 6.04. The fourth-order valence-electron chi connectivity index (χ4n) is 1.96. The standard InChI is InChI=1S/C15H14O4S/c1-10(16)7-15(17)12-4-3-11-5-6-14(20(2,18)19)9-13(11)8-12/h3-6,8-9H,7H2,1-2H3. The van der Waals surface area contributed by atoms with Gasteiger partial charge in [-0.3, -0.25) is 9.59 Å². The lowest BCUT2D eigenvalue weighted by molar-refractivity contribution is -0.116. The number of benzene rings is 2. The van der Waals surface area contributed by atoms with E-state index in [1.54, 1.807) is 24.3 Å². The minimum atomic E-state index is -3.29. The summed E-state index contributed by atoms with van der Waals surface area (Å²) in [4.78, 5) is 23.0. The van der Waals surface area contributed by atoms with E-state index in [0.29, 0.717) is 10.9 Å².